The molecule has 1 N–H and O–H groups in total. The van der Waals surface area contributed by atoms with E-state index in [4.69, 9.17) is 4.74 Å². The molecule has 0 aliphatic heterocycles. The van der Waals surface area contributed by atoms with E-state index in [9.17, 15) is 4.79 Å². The number of hydrogen-bond acceptors (Lipinski definition) is 2. The van der Waals surface area contributed by atoms with Gasteiger partial charge in [0.15, 0.2) is 0 Å². The van der Waals surface area contributed by atoms with Crippen LogP contribution < -0.4 is 10.1 Å². The van der Waals surface area contributed by atoms with Crippen LogP contribution >= 0.6 is 0 Å². The van der Waals surface area contributed by atoms with Crippen LogP contribution in [0.2, 0.25) is 0 Å². The molecule has 0 unspecified atom stereocenters. The molecule has 126 valence electrons. The maximum absolute atomic E-state index is 12.5. The highest BCUT2D eigenvalue weighted by Crippen LogP contribution is 2.18. The van der Waals surface area contributed by atoms with E-state index in [1.807, 2.05) is 74.5 Å². The highest BCUT2D eigenvalue weighted by Gasteiger charge is 2.16. The molecular weight excluding hydrogens is 300 g/mol. The van der Waals surface area contributed by atoms with Crippen molar-refractivity contribution < 1.29 is 9.53 Å². The summed E-state index contributed by atoms with van der Waals surface area (Å²) in [6.45, 7) is 4.59. The fraction of sp³-hybridized carbons (Fsp3) is 0.250. The maximum atomic E-state index is 12.5. The number of amides is 2. The van der Waals surface area contributed by atoms with Crippen LogP contribution in [-0.4, -0.2) is 24.1 Å². The van der Waals surface area contributed by atoms with Crippen molar-refractivity contribution in [3.05, 3.63) is 71.9 Å². The maximum Gasteiger partial charge on any atom is 0.321 e. The quantitative estimate of drug-likeness (QED) is 0.861. The second kappa shape index (κ2) is 8.77. The molecule has 0 atom stereocenters. The molecular formula is C20H24N2O2. The monoisotopic (exact) mass is 324 g/mol. The van der Waals surface area contributed by atoms with Gasteiger partial charge in [-0.05, 0) is 31.6 Å². The van der Waals surface area contributed by atoms with Gasteiger partial charge in [0.05, 0.1) is 7.11 Å². The van der Waals surface area contributed by atoms with Gasteiger partial charge in [0.2, 0.25) is 0 Å². The van der Waals surface area contributed by atoms with Crippen molar-refractivity contribution >= 4 is 12.1 Å². The third-order valence-electron chi connectivity index (χ3n) is 3.69. The molecule has 0 aromatic heterocycles. The average molecular weight is 324 g/mol. The first-order valence-corrected chi connectivity index (χ1v) is 8.02. The number of benzene rings is 2. The topological polar surface area (TPSA) is 41.6 Å². The van der Waals surface area contributed by atoms with Crippen LogP contribution in [0.1, 0.15) is 25.0 Å². The zero-order chi connectivity index (χ0) is 17.4. The number of para-hydroxylation sites is 1. The van der Waals surface area contributed by atoms with E-state index in [1.54, 1.807) is 18.2 Å². The van der Waals surface area contributed by atoms with Crippen LogP contribution in [0.3, 0.4) is 0 Å². The van der Waals surface area contributed by atoms with Crippen LogP contribution in [-0.2, 0) is 6.54 Å². The predicted molar refractivity (Wildman–Crippen MR) is 97.7 cm³/mol. The van der Waals surface area contributed by atoms with Crippen molar-refractivity contribution in [2.24, 2.45) is 0 Å². The summed E-state index contributed by atoms with van der Waals surface area (Å²) in [7, 11) is 1.63. The van der Waals surface area contributed by atoms with Gasteiger partial charge in [0.1, 0.15) is 5.75 Å². The molecule has 24 heavy (non-hydrogen) atoms. The standard InChI is InChI=1S/C20H24N2O2/c1-16(2)22(15-17-9-5-4-6-10-17)20(23)21-14-13-18-11-7-8-12-19(18)24-3/h4-14,16H,15H2,1-3H3,(H,21,23)/b14-13+. The first kappa shape index (κ1) is 17.6. The number of nitrogens with zero attached hydrogens (tertiary/aromatic N) is 1. The molecule has 0 heterocycles. The SMILES string of the molecule is COc1ccccc1/C=C/NC(=O)N(Cc1ccccc1)C(C)C. The minimum atomic E-state index is -0.125. The molecule has 4 heteroatoms. The molecule has 0 spiro atoms. The highest BCUT2D eigenvalue weighted by atomic mass is 16.5. The summed E-state index contributed by atoms with van der Waals surface area (Å²) in [5.74, 6) is 0.771. The van der Waals surface area contributed by atoms with Gasteiger partial charge in [0, 0.05) is 24.4 Å². The Bertz CT molecular complexity index is 681. The Balaban J connectivity index is 2.01. The fourth-order valence-electron chi connectivity index (χ4n) is 2.36. The van der Waals surface area contributed by atoms with Gasteiger partial charge < -0.3 is 15.0 Å². The molecule has 0 fully saturated rings. The molecule has 2 aromatic carbocycles. The van der Waals surface area contributed by atoms with E-state index in [0.717, 1.165) is 16.9 Å². The summed E-state index contributed by atoms with van der Waals surface area (Å²) in [5, 5.41) is 2.84. The Kier molecular flexibility index (Phi) is 6.43. The van der Waals surface area contributed by atoms with Crippen LogP contribution in [0.15, 0.2) is 60.8 Å². The molecule has 0 saturated carbocycles. The number of methoxy groups -OCH3 is 1. The van der Waals surface area contributed by atoms with Gasteiger partial charge in [0.25, 0.3) is 0 Å². The van der Waals surface area contributed by atoms with E-state index in [0.29, 0.717) is 6.54 Å². The fourth-order valence-corrected chi connectivity index (χ4v) is 2.36. The summed E-state index contributed by atoms with van der Waals surface area (Å²) < 4.78 is 5.29. The minimum absolute atomic E-state index is 0.102. The lowest BCUT2D eigenvalue weighted by Crippen LogP contribution is -2.41. The Morgan fingerprint density at radius 2 is 1.79 bits per heavy atom. The summed E-state index contributed by atoms with van der Waals surface area (Å²) in [6.07, 6.45) is 3.48. The number of carbonyl (C=O) groups excluding carboxylic acids is 1. The van der Waals surface area contributed by atoms with E-state index in [-0.39, 0.29) is 12.1 Å². The van der Waals surface area contributed by atoms with Crippen LogP contribution in [0.4, 0.5) is 4.79 Å². The summed E-state index contributed by atoms with van der Waals surface area (Å²) >= 11 is 0. The minimum Gasteiger partial charge on any atom is -0.496 e. The second-order valence-electron chi connectivity index (χ2n) is 5.73. The lowest BCUT2D eigenvalue weighted by molar-refractivity contribution is 0.183. The van der Waals surface area contributed by atoms with Crippen molar-refractivity contribution in [3.8, 4) is 5.75 Å². The molecule has 0 aliphatic rings. The average Bonchev–Trinajstić information content (AvgIpc) is 2.60. The zero-order valence-corrected chi connectivity index (χ0v) is 14.4. The third kappa shape index (κ3) is 4.88. The number of rotatable bonds is 6. The molecule has 2 rings (SSSR count). The van der Waals surface area contributed by atoms with Crippen molar-refractivity contribution in [2.45, 2.75) is 26.4 Å². The molecule has 0 bridgehead atoms. The summed E-state index contributed by atoms with van der Waals surface area (Å²) in [5.41, 5.74) is 2.02. The van der Waals surface area contributed by atoms with E-state index in [2.05, 4.69) is 5.32 Å². The summed E-state index contributed by atoms with van der Waals surface area (Å²) in [6, 6.07) is 17.6. The van der Waals surface area contributed by atoms with E-state index >= 15 is 0 Å². The largest absolute Gasteiger partial charge is 0.496 e. The highest BCUT2D eigenvalue weighted by molar-refractivity contribution is 5.76. The van der Waals surface area contributed by atoms with Crippen molar-refractivity contribution in [1.29, 1.82) is 0 Å². The van der Waals surface area contributed by atoms with Crippen LogP contribution in [0.25, 0.3) is 6.08 Å². The second-order valence-corrected chi connectivity index (χ2v) is 5.73. The number of urea groups is 1. The van der Waals surface area contributed by atoms with Crippen molar-refractivity contribution in [3.63, 3.8) is 0 Å². The van der Waals surface area contributed by atoms with Gasteiger partial charge in [-0.1, -0.05) is 48.5 Å². The third-order valence-corrected chi connectivity index (χ3v) is 3.69. The number of ether oxygens (including phenoxy) is 1. The first-order valence-electron chi connectivity index (χ1n) is 8.02. The first-order chi connectivity index (χ1) is 11.6. The predicted octanol–water partition coefficient (Wildman–Crippen LogP) is 4.29. The van der Waals surface area contributed by atoms with Gasteiger partial charge in [-0.3, -0.25) is 0 Å². The number of nitrogens with one attached hydrogen (secondary N) is 1. The Morgan fingerprint density at radius 3 is 2.46 bits per heavy atom. The van der Waals surface area contributed by atoms with Crippen LogP contribution in [0, 0.1) is 0 Å². The Labute approximate surface area is 143 Å². The Hall–Kier alpha value is -2.75. The van der Waals surface area contributed by atoms with E-state index in [1.165, 1.54) is 0 Å². The summed E-state index contributed by atoms with van der Waals surface area (Å²) in [4.78, 5) is 14.3. The lowest BCUT2D eigenvalue weighted by Gasteiger charge is -2.26. The van der Waals surface area contributed by atoms with Crippen molar-refractivity contribution in [1.82, 2.24) is 10.2 Å². The molecule has 4 nitrogen and oxygen atoms in total. The normalized spacial score (nSPS) is 10.8. The lowest BCUT2D eigenvalue weighted by atomic mass is 10.2. The molecule has 0 saturated heterocycles. The zero-order valence-electron chi connectivity index (χ0n) is 14.4. The number of carbonyl (C=O) groups is 1. The van der Waals surface area contributed by atoms with Gasteiger partial charge in [-0.2, -0.15) is 0 Å². The molecule has 2 amide bonds. The number of hydrogen-bond donors (Lipinski definition) is 1. The van der Waals surface area contributed by atoms with E-state index < -0.39 is 0 Å². The molecule has 0 aliphatic carbocycles. The molecule has 2 aromatic rings. The van der Waals surface area contributed by atoms with Gasteiger partial charge >= 0.3 is 6.03 Å². The Morgan fingerprint density at radius 1 is 1.12 bits per heavy atom. The smallest absolute Gasteiger partial charge is 0.321 e. The molecule has 0 radical (unpaired) electrons. The van der Waals surface area contributed by atoms with Crippen LogP contribution in [0.5, 0.6) is 5.75 Å². The van der Waals surface area contributed by atoms with Crippen molar-refractivity contribution in [2.75, 3.05) is 7.11 Å². The van der Waals surface area contributed by atoms with Gasteiger partial charge in [-0.15, -0.1) is 0 Å². The van der Waals surface area contributed by atoms with Gasteiger partial charge in [-0.25, -0.2) is 4.79 Å².